The number of carbonyl (C=O) groups is 3. The topological polar surface area (TPSA) is 96.5 Å². The number of hydrogen-bond acceptors (Lipinski definition) is 4. The first-order chi connectivity index (χ1) is 14.3. The summed E-state index contributed by atoms with van der Waals surface area (Å²) in [5, 5.41) is 8.89. The van der Waals surface area contributed by atoms with Gasteiger partial charge >= 0.3 is 0 Å². The first-order valence-corrected chi connectivity index (χ1v) is 10.1. The predicted octanol–water partition coefficient (Wildman–Crippen LogP) is 3.51. The Morgan fingerprint density at radius 2 is 1.63 bits per heavy atom. The second-order valence-electron chi connectivity index (χ2n) is 6.69. The normalized spacial score (nSPS) is 10.4. The minimum atomic E-state index is -0.347. The van der Waals surface area contributed by atoms with Gasteiger partial charge in [0.2, 0.25) is 5.91 Å². The van der Waals surface area contributed by atoms with E-state index in [0.29, 0.717) is 27.0 Å². The van der Waals surface area contributed by atoms with Crippen LogP contribution in [0.2, 0.25) is 10.0 Å². The Balaban J connectivity index is 1.68. The zero-order valence-electron chi connectivity index (χ0n) is 16.6. The van der Waals surface area contributed by atoms with Crippen molar-refractivity contribution in [2.45, 2.75) is 13.8 Å². The lowest BCUT2D eigenvalue weighted by Gasteiger charge is -2.10. The maximum absolute atomic E-state index is 12.1. The van der Waals surface area contributed by atoms with Gasteiger partial charge in [-0.15, -0.1) is 0 Å². The van der Waals surface area contributed by atoms with Gasteiger partial charge in [0, 0.05) is 35.3 Å². The zero-order valence-corrected chi connectivity index (χ0v) is 18.1. The summed E-state index contributed by atoms with van der Waals surface area (Å²) >= 11 is 11.8. The fourth-order valence-electron chi connectivity index (χ4n) is 2.26. The van der Waals surface area contributed by atoms with Crippen molar-refractivity contribution in [1.29, 1.82) is 0 Å². The second kappa shape index (κ2) is 11.4. The van der Waals surface area contributed by atoms with Crippen molar-refractivity contribution in [3.63, 3.8) is 0 Å². The molecule has 3 amide bonds. The van der Waals surface area contributed by atoms with E-state index in [2.05, 4.69) is 16.0 Å². The van der Waals surface area contributed by atoms with Crippen molar-refractivity contribution in [1.82, 2.24) is 10.6 Å². The number of anilines is 1. The maximum Gasteiger partial charge on any atom is 0.258 e. The van der Waals surface area contributed by atoms with Crippen molar-refractivity contribution < 1.29 is 19.1 Å². The highest BCUT2D eigenvalue weighted by Gasteiger charge is 2.09. The van der Waals surface area contributed by atoms with E-state index < -0.39 is 0 Å². The smallest absolute Gasteiger partial charge is 0.258 e. The summed E-state index contributed by atoms with van der Waals surface area (Å²) in [6.07, 6.45) is 0. The van der Waals surface area contributed by atoms with Crippen LogP contribution in [0.1, 0.15) is 24.2 Å². The van der Waals surface area contributed by atoms with Gasteiger partial charge in [-0.3, -0.25) is 14.4 Å². The summed E-state index contributed by atoms with van der Waals surface area (Å²) in [7, 11) is 0. The number of benzene rings is 2. The zero-order chi connectivity index (χ0) is 22.1. The molecular weight excluding hydrogens is 429 g/mol. The lowest BCUT2D eigenvalue weighted by Crippen LogP contribution is -2.36. The van der Waals surface area contributed by atoms with E-state index in [4.69, 9.17) is 27.9 Å². The molecule has 0 unspecified atom stereocenters. The third-order valence-corrected chi connectivity index (χ3v) is 4.45. The third kappa shape index (κ3) is 7.57. The highest BCUT2D eigenvalue weighted by Crippen LogP contribution is 2.27. The van der Waals surface area contributed by atoms with Crippen molar-refractivity contribution in [3.8, 4) is 5.75 Å². The molecule has 160 valence electrons. The number of amides is 3. The molecule has 0 aromatic heterocycles. The minimum absolute atomic E-state index is 0.0924. The van der Waals surface area contributed by atoms with Crippen LogP contribution in [0.3, 0.4) is 0 Å². The molecule has 0 saturated heterocycles. The quantitative estimate of drug-likeness (QED) is 0.508. The van der Waals surface area contributed by atoms with E-state index in [1.54, 1.807) is 50.2 Å². The molecule has 0 bridgehead atoms. The lowest BCUT2D eigenvalue weighted by atomic mass is 10.1. The molecule has 0 saturated carbocycles. The molecular formula is C21H23Cl2N3O4. The monoisotopic (exact) mass is 451 g/mol. The van der Waals surface area contributed by atoms with Crippen LogP contribution in [0.25, 0.3) is 0 Å². The van der Waals surface area contributed by atoms with Crippen molar-refractivity contribution in [3.05, 3.63) is 58.1 Å². The number of halogens is 2. The summed E-state index contributed by atoms with van der Waals surface area (Å²) in [6.45, 7) is 3.88. The van der Waals surface area contributed by atoms with Crippen LogP contribution in [0.4, 0.5) is 5.69 Å². The van der Waals surface area contributed by atoms with Crippen molar-refractivity contribution in [2.75, 3.05) is 25.0 Å². The number of rotatable bonds is 9. The number of carbonyl (C=O) groups excluding carboxylic acids is 3. The molecule has 0 aliphatic carbocycles. The Labute approximate surface area is 185 Å². The molecule has 0 heterocycles. The van der Waals surface area contributed by atoms with Crippen LogP contribution in [-0.4, -0.2) is 37.4 Å². The van der Waals surface area contributed by atoms with E-state index in [1.807, 2.05) is 0 Å². The number of hydrogen-bond donors (Lipinski definition) is 3. The number of ether oxygens (including phenoxy) is 1. The fourth-order valence-corrected chi connectivity index (χ4v) is 2.72. The Morgan fingerprint density at radius 1 is 0.967 bits per heavy atom. The number of nitrogens with one attached hydrogen (secondary N) is 3. The van der Waals surface area contributed by atoms with Gasteiger partial charge < -0.3 is 20.7 Å². The van der Waals surface area contributed by atoms with E-state index in [9.17, 15) is 14.4 Å². The Hall–Kier alpha value is -2.77. The molecule has 0 spiro atoms. The Morgan fingerprint density at radius 3 is 2.27 bits per heavy atom. The molecule has 0 fully saturated rings. The maximum atomic E-state index is 12.1. The van der Waals surface area contributed by atoms with E-state index in [-0.39, 0.29) is 43.3 Å². The second-order valence-corrected chi connectivity index (χ2v) is 7.53. The van der Waals surface area contributed by atoms with Gasteiger partial charge in [-0.25, -0.2) is 0 Å². The van der Waals surface area contributed by atoms with Crippen LogP contribution in [0.15, 0.2) is 42.5 Å². The fraction of sp³-hybridized carbons (Fsp3) is 0.286. The van der Waals surface area contributed by atoms with Crippen LogP contribution in [0, 0.1) is 5.92 Å². The molecule has 9 heteroatoms. The predicted molar refractivity (Wildman–Crippen MR) is 117 cm³/mol. The van der Waals surface area contributed by atoms with Crippen molar-refractivity contribution in [2.24, 2.45) is 5.92 Å². The molecule has 3 N–H and O–H groups in total. The molecule has 0 atom stereocenters. The average Bonchev–Trinajstić information content (AvgIpc) is 2.70. The van der Waals surface area contributed by atoms with E-state index in [1.165, 1.54) is 6.07 Å². The van der Waals surface area contributed by atoms with E-state index in [0.717, 1.165) is 0 Å². The average molecular weight is 452 g/mol. The van der Waals surface area contributed by atoms with Crippen LogP contribution in [-0.2, 0) is 9.59 Å². The minimum Gasteiger partial charge on any atom is -0.482 e. The first kappa shape index (κ1) is 23.5. The highest BCUT2D eigenvalue weighted by molar-refractivity contribution is 6.35. The van der Waals surface area contributed by atoms with Crippen LogP contribution < -0.4 is 20.7 Å². The summed E-state index contributed by atoms with van der Waals surface area (Å²) in [6, 6.07) is 11.3. The van der Waals surface area contributed by atoms with Crippen LogP contribution in [0.5, 0.6) is 5.75 Å². The summed E-state index contributed by atoms with van der Waals surface area (Å²) < 4.78 is 5.33. The summed E-state index contributed by atoms with van der Waals surface area (Å²) in [4.78, 5) is 35.6. The Bertz CT molecular complexity index is 902. The SMILES string of the molecule is CC(C)C(=O)Nc1ccc(C(=O)NCCNC(=O)COc2ccc(Cl)cc2Cl)cc1. The van der Waals surface area contributed by atoms with Gasteiger partial charge in [0.1, 0.15) is 5.75 Å². The molecule has 2 rings (SSSR count). The molecule has 2 aromatic rings. The van der Waals surface area contributed by atoms with E-state index >= 15 is 0 Å². The molecule has 0 radical (unpaired) electrons. The van der Waals surface area contributed by atoms with Gasteiger partial charge in [-0.1, -0.05) is 37.0 Å². The van der Waals surface area contributed by atoms with Crippen LogP contribution >= 0.6 is 23.2 Å². The van der Waals surface area contributed by atoms with Gasteiger partial charge in [0.15, 0.2) is 6.61 Å². The van der Waals surface area contributed by atoms with Gasteiger partial charge in [0.25, 0.3) is 11.8 Å². The van der Waals surface area contributed by atoms with Gasteiger partial charge in [-0.2, -0.15) is 0 Å². The molecule has 30 heavy (non-hydrogen) atoms. The molecule has 7 nitrogen and oxygen atoms in total. The first-order valence-electron chi connectivity index (χ1n) is 9.30. The van der Waals surface area contributed by atoms with Gasteiger partial charge in [-0.05, 0) is 42.5 Å². The van der Waals surface area contributed by atoms with Crippen molar-refractivity contribution >= 4 is 46.6 Å². The molecule has 0 aliphatic heterocycles. The lowest BCUT2D eigenvalue weighted by molar-refractivity contribution is -0.123. The molecule has 2 aromatic carbocycles. The molecule has 0 aliphatic rings. The van der Waals surface area contributed by atoms with Gasteiger partial charge in [0.05, 0.1) is 5.02 Å². The Kier molecular flexibility index (Phi) is 8.95. The summed E-state index contributed by atoms with van der Waals surface area (Å²) in [5.41, 5.74) is 1.07. The highest BCUT2D eigenvalue weighted by atomic mass is 35.5. The third-order valence-electron chi connectivity index (χ3n) is 3.92. The largest absolute Gasteiger partial charge is 0.482 e. The standard InChI is InChI=1S/C21H23Cl2N3O4/c1-13(2)20(28)26-16-6-3-14(4-7-16)21(29)25-10-9-24-19(27)12-30-18-8-5-15(22)11-17(18)23/h3-8,11,13H,9-10,12H2,1-2H3,(H,24,27)(H,25,29)(H,26,28). The summed E-state index contributed by atoms with van der Waals surface area (Å²) in [5.74, 6) is -0.490.